The number of aliphatic hydroxyl groups excluding tert-OH is 1. The number of rotatable bonds is 6. The summed E-state index contributed by atoms with van der Waals surface area (Å²) in [7, 11) is 3.44. The van der Waals surface area contributed by atoms with Gasteiger partial charge in [-0.3, -0.25) is 0 Å². The molecule has 0 aliphatic heterocycles. The minimum absolute atomic E-state index is 0.286. The van der Waals surface area contributed by atoms with Crippen LogP contribution in [0, 0.1) is 0 Å². The minimum Gasteiger partial charge on any atom is -0.389 e. The molecule has 0 fully saturated rings. The van der Waals surface area contributed by atoms with Gasteiger partial charge in [-0.1, -0.05) is 30.3 Å². The number of methoxy groups -OCH3 is 1. The number of likely N-dealkylation sites (N-methyl/N-ethyl adjacent to an activating group) is 1. The fraction of sp³-hybridized carbons (Fsp3) is 0.312. The van der Waals surface area contributed by atoms with Gasteiger partial charge >= 0.3 is 0 Å². The Balaban J connectivity index is 1.92. The molecule has 7 nitrogen and oxygen atoms in total. The first kappa shape index (κ1) is 15.4. The van der Waals surface area contributed by atoms with Gasteiger partial charge in [0.15, 0.2) is 11.5 Å². The summed E-state index contributed by atoms with van der Waals surface area (Å²) >= 11 is 0. The zero-order valence-corrected chi connectivity index (χ0v) is 13.1. The Hall–Kier alpha value is -2.51. The molecule has 23 heavy (non-hydrogen) atoms. The van der Waals surface area contributed by atoms with Crippen molar-refractivity contribution in [2.75, 3.05) is 32.2 Å². The molecule has 0 amide bonds. The molecule has 0 bridgehead atoms. The van der Waals surface area contributed by atoms with Crippen LogP contribution in [-0.4, -0.2) is 58.3 Å². The summed E-state index contributed by atoms with van der Waals surface area (Å²) in [4.78, 5) is 1.87. The van der Waals surface area contributed by atoms with Crippen LogP contribution >= 0.6 is 0 Å². The van der Waals surface area contributed by atoms with Crippen LogP contribution in [-0.2, 0) is 4.74 Å². The number of fused-ring (bicyclic) bond motifs is 1. The number of anilines is 1. The number of ether oxygens (including phenoxy) is 1. The van der Waals surface area contributed by atoms with Gasteiger partial charge < -0.3 is 14.7 Å². The van der Waals surface area contributed by atoms with Gasteiger partial charge in [0, 0.05) is 26.3 Å². The largest absolute Gasteiger partial charge is 0.389 e. The predicted octanol–water partition coefficient (Wildman–Crippen LogP) is 1.23. The molecule has 0 aliphatic rings. The fourth-order valence-electron chi connectivity index (χ4n) is 2.40. The quantitative estimate of drug-likeness (QED) is 0.738. The van der Waals surface area contributed by atoms with Crippen molar-refractivity contribution in [3.63, 3.8) is 0 Å². The third-order valence-electron chi connectivity index (χ3n) is 3.52. The maximum absolute atomic E-state index is 9.86. The topological polar surface area (TPSA) is 75.8 Å². The fourth-order valence-corrected chi connectivity index (χ4v) is 2.40. The summed E-state index contributed by atoms with van der Waals surface area (Å²) in [6.07, 6.45) is -0.572. The highest BCUT2D eigenvalue weighted by Crippen LogP contribution is 2.18. The van der Waals surface area contributed by atoms with E-state index in [9.17, 15) is 5.11 Å². The Kier molecular flexibility index (Phi) is 4.50. The van der Waals surface area contributed by atoms with Crippen LogP contribution in [0.4, 0.5) is 5.82 Å². The van der Waals surface area contributed by atoms with E-state index in [1.54, 1.807) is 11.6 Å². The van der Waals surface area contributed by atoms with Crippen molar-refractivity contribution in [2.24, 2.45) is 0 Å². The first-order valence-corrected chi connectivity index (χ1v) is 7.35. The minimum atomic E-state index is -0.572. The molecule has 7 heteroatoms. The van der Waals surface area contributed by atoms with Crippen molar-refractivity contribution in [3.8, 4) is 11.4 Å². The number of hydrogen-bond donors (Lipinski definition) is 1. The lowest BCUT2D eigenvalue weighted by molar-refractivity contribution is 0.0694. The molecule has 0 saturated carbocycles. The van der Waals surface area contributed by atoms with Gasteiger partial charge in [-0.15, -0.1) is 15.3 Å². The van der Waals surface area contributed by atoms with Crippen molar-refractivity contribution in [3.05, 3.63) is 42.5 Å². The second-order valence-corrected chi connectivity index (χ2v) is 5.34. The molecule has 1 N–H and O–H groups in total. The van der Waals surface area contributed by atoms with Crippen molar-refractivity contribution >= 4 is 11.5 Å². The lowest BCUT2D eigenvalue weighted by atomic mass is 10.2. The van der Waals surface area contributed by atoms with Crippen molar-refractivity contribution in [1.82, 2.24) is 19.8 Å². The number of nitrogens with zero attached hydrogens (tertiary/aromatic N) is 5. The molecule has 2 aromatic heterocycles. The van der Waals surface area contributed by atoms with Crippen LogP contribution in [0.5, 0.6) is 0 Å². The normalized spacial score (nSPS) is 12.5. The van der Waals surface area contributed by atoms with Gasteiger partial charge in [-0.05, 0) is 12.1 Å². The molecule has 0 unspecified atom stereocenters. The van der Waals surface area contributed by atoms with E-state index in [4.69, 9.17) is 4.74 Å². The molecular weight excluding hydrogens is 294 g/mol. The molecule has 1 atom stereocenters. The molecule has 3 aromatic rings. The average molecular weight is 313 g/mol. The SMILES string of the molecule is COC[C@H](O)CN(C)c1ccc2nnc(-c3ccccc3)n2n1. The van der Waals surface area contributed by atoms with Crippen molar-refractivity contribution in [2.45, 2.75) is 6.10 Å². The van der Waals surface area contributed by atoms with Crippen molar-refractivity contribution in [1.29, 1.82) is 0 Å². The number of aromatic nitrogens is 4. The highest BCUT2D eigenvalue weighted by Gasteiger charge is 2.13. The lowest BCUT2D eigenvalue weighted by Gasteiger charge is -2.21. The van der Waals surface area contributed by atoms with Gasteiger partial charge in [0.2, 0.25) is 0 Å². The van der Waals surface area contributed by atoms with E-state index >= 15 is 0 Å². The van der Waals surface area contributed by atoms with Crippen LogP contribution in [0.15, 0.2) is 42.5 Å². The molecule has 0 saturated heterocycles. The summed E-state index contributed by atoms with van der Waals surface area (Å²) in [5.74, 6) is 1.41. The van der Waals surface area contributed by atoms with Gasteiger partial charge in [0.25, 0.3) is 0 Å². The smallest absolute Gasteiger partial charge is 0.185 e. The maximum atomic E-state index is 9.86. The van der Waals surface area contributed by atoms with E-state index in [1.807, 2.05) is 54.4 Å². The third-order valence-corrected chi connectivity index (χ3v) is 3.52. The molecule has 2 heterocycles. The molecule has 120 valence electrons. The van der Waals surface area contributed by atoms with Crippen LogP contribution in [0.25, 0.3) is 17.0 Å². The zero-order valence-electron chi connectivity index (χ0n) is 13.1. The molecule has 0 aliphatic carbocycles. The first-order chi connectivity index (χ1) is 11.2. The standard InChI is InChI=1S/C16H19N5O2/c1-20(10-13(22)11-23-2)15-9-8-14-17-18-16(21(14)19-15)12-6-4-3-5-7-12/h3-9,13,22H,10-11H2,1-2H3/t13-/m1/s1. The third kappa shape index (κ3) is 3.30. The van der Waals surface area contributed by atoms with Crippen LogP contribution in [0.1, 0.15) is 0 Å². The van der Waals surface area contributed by atoms with Crippen molar-refractivity contribution < 1.29 is 9.84 Å². The molecule has 1 aromatic carbocycles. The number of hydrogen-bond acceptors (Lipinski definition) is 6. The Bertz CT molecular complexity index is 774. The molecule has 0 spiro atoms. The number of aliphatic hydroxyl groups is 1. The Morgan fingerprint density at radius 1 is 1.17 bits per heavy atom. The van der Waals surface area contributed by atoms with E-state index in [-0.39, 0.29) is 6.61 Å². The van der Waals surface area contributed by atoms with Gasteiger partial charge in [0.1, 0.15) is 5.82 Å². The number of benzene rings is 1. The van der Waals surface area contributed by atoms with Gasteiger partial charge in [-0.25, -0.2) is 0 Å². The second-order valence-electron chi connectivity index (χ2n) is 5.34. The Morgan fingerprint density at radius 3 is 2.70 bits per heavy atom. The van der Waals surface area contributed by atoms with Gasteiger partial charge in [0.05, 0.1) is 12.7 Å². The summed E-state index contributed by atoms with van der Waals surface area (Å²) in [6, 6.07) is 13.5. The average Bonchev–Trinajstić information content (AvgIpc) is 2.99. The molecule has 3 rings (SSSR count). The second kappa shape index (κ2) is 6.72. The van der Waals surface area contributed by atoms with Crippen LogP contribution in [0.3, 0.4) is 0 Å². The van der Waals surface area contributed by atoms with Gasteiger partial charge in [-0.2, -0.15) is 4.52 Å². The summed E-state index contributed by atoms with van der Waals surface area (Å²) in [5.41, 5.74) is 1.63. The maximum Gasteiger partial charge on any atom is 0.185 e. The van der Waals surface area contributed by atoms with E-state index in [2.05, 4.69) is 15.3 Å². The van der Waals surface area contributed by atoms with E-state index in [1.165, 1.54) is 0 Å². The zero-order chi connectivity index (χ0) is 16.2. The molecular formula is C16H19N5O2. The van der Waals surface area contributed by atoms with E-state index in [0.717, 1.165) is 11.4 Å². The van der Waals surface area contributed by atoms with E-state index in [0.29, 0.717) is 18.0 Å². The Morgan fingerprint density at radius 2 is 1.96 bits per heavy atom. The summed E-state index contributed by atoms with van der Waals surface area (Å²) in [6.45, 7) is 0.712. The highest BCUT2D eigenvalue weighted by atomic mass is 16.5. The van der Waals surface area contributed by atoms with Crippen LogP contribution in [0.2, 0.25) is 0 Å². The predicted molar refractivity (Wildman–Crippen MR) is 87.4 cm³/mol. The first-order valence-electron chi connectivity index (χ1n) is 7.35. The Labute approximate surface area is 134 Å². The monoisotopic (exact) mass is 313 g/mol. The molecule has 0 radical (unpaired) electrons. The van der Waals surface area contributed by atoms with E-state index < -0.39 is 6.10 Å². The summed E-state index contributed by atoms with van der Waals surface area (Å²) in [5, 5.41) is 22.8. The van der Waals surface area contributed by atoms with Crippen LogP contribution < -0.4 is 4.90 Å². The summed E-state index contributed by atoms with van der Waals surface area (Å²) < 4.78 is 6.67. The lowest BCUT2D eigenvalue weighted by Crippen LogP contribution is -2.32. The highest BCUT2D eigenvalue weighted by molar-refractivity contribution is 5.59.